The number of nitrogens with one attached hydrogen (secondary N) is 1. The lowest BCUT2D eigenvalue weighted by Gasteiger charge is -1.88. The zero-order valence-electron chi connectivity index (χ0n) is 6.95. The maximum Gasteiger partial charge on any atom is 0.168 e. The third kappa shape index (κ3) is 1.10. The molecule has 70 valence electrons. The van der Waals surface area contributed by atoms with Gasteiger partial charge in [0.05, 0.1) is 5.52 Å². The van der Waals surface area contributed by atoms with Gasteiger partial charge in [-0.25, -0.2) is 4.39 Å². The first kappa shape index (κ1) is 8.55. The first-order chi connectivity index (χ1) is 6.76. The van der Waals surface area contributed by atoms with Gasteiger partial charge < -0.3 is 4.98 Å². The second kappa shape index (κ2) is 3.02. The summed E-state index contributed by atoms with van der Waals surface area (Å²) in [5, 5.41) is 3.17. The molecule has 1 heterocycles. The molecule has 14 heavy (non-hydrogen) atoms. The quantitative estimate of drug-likeness (QED) is 0.586. The normalized spacial score (nSPS) is 10.4. The Morgan fingerprint density at radius 2 is 2.21 bits per heavy atom. The highest BCUT2D eigenvalue weighted by molar-refractivity contribution is 6.00. The van der Waals surface area contributed by atoms with Crippen LogP contribution in [0.15, 0.2) is 23.4 Å². The average Bonchev–Trinajstić information content (AvgIpc) is 2.54. The highest BCUT2D eigenvalue weighted by atomic mass is 19.1. The number of carbonyl (C=O) groups is 1. The Labute approximate surface area is 77.7 Å². The number of carbonyl (C=O) groups excluding carboxylic acids is 1. The Kier molecular flexibility index (Phi) is 1.85. The summed E-state index contributed by atoms with van der Waals surface area (Å²) in [4.78, 5) is 23.5. The van der Waals surface area contributed by atoms with Crippen molar-refractivity contribution in [3.8, 4) is 0 Å². The van der Waals surface area contributed by atoms with E-state index >= 15 is 0 Å². The van der Waals surface area contributed by atoms with Gasteiger partial charge in [0.15, 0.2) is 6.29 Å². The first-order valence-corrected chi connectivity index (χ1v) is 3.86. The van der Waals surface area contributed by atoms with Crippen LogP contribution in [0.2, 0.25) is 0 Å². The molecule has 0 spiro atoms. The Hall–Kier alpha value is -2.04. The van der Waals surface area contributed by atoms with Crippen molar-refractivity contribution in [1.82, 2.24) is 4.98 Å². The predicted molar refractivity (Wildman–Crippen MR) is 49.1 cm³/mol. The summed E-state index contributed by atoms with van der Waals surface area (Å²) >= 11 is 0. The molecule has 0 aliphatic carbocycles. The molecule has 1 aromatic carbocycles. The highest BCUT2D eigenvalue weighted by Crippen LogP contribution is 2.29. The zero-order valence-corrected chi connectivity index (χ0v) is 6.95. The van der Waals surface area contributed by atoms with Crippen molar-refractivity contribution in [2.45, 2.75) is 0 Å². The van der Waals surface area contributed by atoms with Gasteiger partial charge in [0.25, 0.3) is 0 Å². The molecule has 1 N–H and O–H groups in total. The number of aldehydes is 1. The molecular formula is C9H5FN2O2. The van der Waals surface area contributed by atoms with Crippen molar-refractivity contribution in [3.05, 3.63) is 34.6 Å². The van der Waals surface area contributed by atoms with E-state index in [9.17, 15) is 14.1 Å². The second-order valence-electron chi connectivity index (χ2n) is 2.79. The summed E-state index contributed by atoms with van der Waals surface area (Å²) in [6, 6.07) is 3.82. The van der Waals surface area contributed by atoms with Crippen molar-refractivity contribution in [3.63, 3.8) is 0 Å². The lowest BCUT2D eigenvalue weighted by atomic mass is 10.2. The minimum atomic E-state index is -0.436. The van der Waals surface area contributed by atoms with E-state index in [0.717, 1.165) is 0 Å². The molecule has 0 unspecified atom stereocenters. The van der Waals surface area contributed by atoms with Crippen molar-refractivity contribution in [2.75, 3.05) is 0 Å². The van der Waals surface area contributed by atoms with E-state index in [1.54, 1.807) is 0 Å². The van der Waals surface area contributed by atoms with Crippen LogP contribution in [0, 0.1) is 10.7 Å². The van der Waals surface area contributed by atoms with E-state index in [-0.39, 0.29) is 11.4 Å². The Bertz CT molecular complexity index is 519. The van der Waals surface area contributed by atoms with Gasteiger partial charge in [0.1, 0.15) is 17.2 Å². The van der Waals surface area contributed by atoms with E-state index < -0.39 is 5.82 Å². The van der Waals surface area contributed by atoms with Crippen LogP contribution in [0.4, 0.5) is 10.1 Å². The largest absolute Gasteiger partial charge is 0.350 e. The number of aromatic amines is 1. The van der Waals surface area contributed by atoms with Crippen molar-refractivity contribution < 1.29 is 9.18 Å². The smallest absolute Gasteiger partial charge is 0.168 e. The third-order valence-electron chi connectivity index (χ3n) is 1.97. The molecule has 0 aliphatic rings. The number of rotatable bonds is 2. The fraction of sp³-hybridized carbons (Fsp3) is 0. The molecule has 0 saturated heterocycles. The minimum Gasteiger partial charge on any atom is -0.350 e. The summed E-state index contributed by atoms with van der Waals surface area (Å²) in [5.41, 5.74) is 0.484. The molecule has 0 aliphatic heterocycles. The van der Waals surface area contributed by atoms with Gasteiger partial charge in [0.2, 0.25) is 0 Å². The van der Waals surface area contributed by atoms with Gasteiger partial charge in [-0.2, -0.15) is 0 Å². The van der Waals surface area contributed by atoms with Crippen LogP contribution in [0.25, 0.3) is 10.9 Å². The molecule has 0 saturated carbocycles. The Morgan fingerprint density at radius 3 is 2.86 bits per heavy atom. The predicted octanol–water partition coefficient (Wildman–Crippen LogP) is 2.52. The average molecular weight is 192 g/mol. The number of hydrogen-bond acceptors (Lipinski definition) is 3. The van der Waals surface area contributed by atoms with Crippen LogP contribution in [-0.4, -0.2) is 11.3 Å². The van der Waals surface area contributed by atoms with Crippen LogP contribution in [-0.2, 0) is 0 Å². The van der Waals surface area contributed by atoms with E-state index in [1.165, 1.54) is 18.2 Å². The van der Waals surface area contributed by atoms with E-state index in [1.807, 2.05) is 0 Å². The first-order valence-electron chi connectivity index (χ1n) is 3.86. The number of nitrogens with zero attached hydrogens (tertiary/aromatic N) is 1. The molecule has 0 bridgehead atoms. The summed E-state index contributed by atoms with van der Waals surface area (Å²) in [7, 11) is 0. The maximum atomic E-state index is 12.8. The fourth-order valence-corrected chi connectivity index (χ4v) is 1.36. The molecule has 5 heteroatoms. The Morgan fingerprint density at radius 1 is 1.43 bits per heavy atom. The molecule has 1 aromatic heterocycles. The maximum absolute atomic E-state index is 12.8. The van der Waals surface area contributed by atoms with Crippen LogP contribution < -0.4 is 0 Å². The molecule has 0 radical (unpaired) electrons. The van der Waals surface area contributed by atoms with Crippen LogP contribution in [0.1, 0.15) is 10.5 Å². The number of aromatic nitrogens is 1. The Balaban J connectivity index is 2.86. The summed E-state index contributed by atoms with van der Waals surface area (Å²) in [5.74, 6) is -0.436. The van der Waals surface area contributed by atoms with Crippen LogP contribution >= 0.6 is 0 Å². The van der Waals surface area contributed by atoms with Crippen molar-refractivity contribution >= 4 is 22.9 Å². The standard InChI is InChI=1S/C9H5FN2O2/c10-5-1-2-6-7(3-5)11-8(4-13)9(6)12-14/h1-4,11H. The summed E-state index contributed by atoms with van der Waals surface area (Å²) < 4.78 is 12.8. The number of benzene rings is 1. The number of hydrogen-bond donors (Lipinski definition) is 1. The molecule has 2 aromatic rings. The lowest BCUT2D eigenvalue weighted by molar-refractivity contribution is 0.112. The van der Waals surface area contributed by atoms with Crippen LogP contribution in [0.3, 0.4) is 0 Å². The van der Waals surface area contributed by atoms with Gasteiger partial charge in [0, 0.05) is 5.39 Å². The summed E-state index contributed by atoms with van der Waals surface area (Å²) in [6.07, 6.45) is 0.481. The van der Waals surface area contributed by atoms with Gasteiger partial charge in [-0.3, -0.25) is 4.79 Å². The summed E-state index contributed by atoms with van der Waals surface area (Å²) in [6.45, 7) is 0. The van der Waals surface area contributed by atoms with E-state index in [2.05, 4.69) is 10.2 Å². The minimum absolute atomic E-state index is 0.0231. The van der Waals surface area contributed by atoms with Gasteiger partial charge >= 0.3 is 0 Å². The van der Waals surface area contributed by atoms with E-state index in [0.29, 0.717) is 17.2 Å². The molecule has 2 rings (SSSR count). The molecular weight excluding hydrogens is 187 g/mol. The lowest BCUT2D eigenvalue weighted by Crippen LogP contribution is -1.76. The highest BCUT2D eigenvalue weighted by Gasteiger charge is 2.11. The molecule has 4 nitrogen and oxygen atoms in total. The SMILES string of the molecule is O=Cc1[nH]c2cc(F)ccc2c1N=O. The monoisotopic (exact) mass is 192 g/mol. The van der Waals surface area contributed by atoms with Crippen molar-refractivity contribution in [1.29, 1.82) is 0 Å². The van der Waals surface area contributed by atoms with E-state index in [4.69, 9.17) is 0 Å². The van der Waals surface area contributed by atoms with Gasteiger partial charge in [-0.1, -0.05) is 0 Å². The topological polar surface area (TPSA) is 62.3 Å². The number of H-pyrrole nitrogens is 1. The van der Waals surface area contributed by atoms with Gasteiger partial charge in [-0.05, 0) is 23.4 Å². The fourth-order valence-electron chi connectivity index (χ4n) is 1.36. The number of halogens is 1. The number of fused-ring (bicyclic) bond motifs is 1. The second-order valence-corrected chi connectivity index (χ2v) is 2.79. The van der Waals surface area contributed by atoms with Crippen molar-refractivity contribution in [2.24, 2.45) is 5.18 Å². The third-order valence-corrected chi connectivity index (χ3v) is 1.97. The van der Waals surface area contributed by atoms with Gasteiger partial charge in [-0.15, -0.1) is 4.91 Å². The van der Waals surface area contributed by atoms with Crippen LogP contribution in [0.5, 0.6) is 0 Å². The molecule has 0 fully saturated rings. The molecule has 0 atom stereocenters. The zero-order chi connectivity index (χ0) is 10.1. The number of nitroso groups, excluding NO2 is 1. The molecule has 0 amide bonds.